The van der Waals surface area contributed by atoms with Crippen molar-refractivity contribution in [1.82, 2.24) is 15.4 Å². The first-order valence-corrected chi connectivity index (χ1v) is 7.58. The zero-order valence-corrected chi connectivity index (χ0v) is 13.8. The fourth-order valence-corrected chi connectivity index (χ4v) is 2.43. The molecule has 2 heterocycles. The largest absolute Gasteiger partial charge is 0.383 e. The average Bonchev–Trinajstić information content (AvgIpc) is 2.84. The van der Waals surface area contributed by atoms with Crippen LogP contribution < -0.4 is 5.32 Å². The lowest BCUT2D eigenvalue weighted by Crippen LogP contribution is -2.51. The van der Waals surface area contributed by atoms with Gasteiger partial charge in [-0.15, -0.1) is 0 Å². The van der Waals surface area contributed by atoms with E-state index in [4.69, 9.17) is 14.0 Å². The first-order chi connectivity index (χ1) is 11.0. The van der Waals surface area contributed by atoms with E-state index in [-0.39, 0.29) is 30.9 Å². The lowest BCUT2D eigenvalue weighted by Gasteiger charge is -2.32. The van der Waals surface area contributed by atoms with Gasteiger partial charge in [0.25, 0.3) is 0 Å². The summed E-state index contributed by atoms with van der Waals surface area (Å²) in [7, 11) is 1.59. The lowest BCUT2D eigenvalue weighted by molar-refractivity contribution is -0.149. The van der Waals surface area contributed by atoms with E-state index in [1.165, 1.54) is 0 Å². The molecule has 8 heteroatoms. The quantitative estimate of drug-likeness (QED) is 0.748. The highest BCUT2D eigenvalue weighted by Crippen LogP contribution is 2.12. The summed E-state index contributed by atoms with van der Waals surface area (Å²) in [6.45, 7) is 5.45. The van der Waals surface area contributed by atoms with Gasteiger partial charge in [0.1, 0.15) is 12.4 Å². The minimum absolute atomic E-state index is 0.0358. The Morgan fingerprint density at radius 1 is 1.48 bits per heavy atom. The van der Waals surface area contributed by atoms with Crippen molar-refractivity contribution >= 4 is 11.8 Å². The molecule has 1 saturated heterocycles. The molecule has 1 aliphatic rings. The molecular weight excluding hydrogens is 302 g/mol. The summed E-state index contributed by atoms with van der Waals surface area (Å²) in [6, 6.07) is 0. The van der Waals surface area contributed by atoms with Gasteiger partial charge in [-0.2, -0.15) is 0 Å². The van der Waals surface area contributed by atoms with E-state index in [2.05, 4.69) is 10.5 Å². The van der Waals surface area contributed by atoms with Gasteiger partial charge >= 0.3 is 0 Å². The van der Waals surface area contributed by atoms with Gasteiger partial charge in [-0.25, -0.2) is 0 Å². The number of morpholine rings is 1. The number of nitrogens with one attached hydrogen (secondary N) is 1. The first-order valence-electron chi connectivity index (χ1n) is 7.58. The van der Waals surface area contributed by atoms with Crippen LogP contribution in [0.25, 0.3) is 0 Å². The predicted molar refractivity (Wildman–Crippen MR) is 80.9 cm³/mol. The summed E-state index contributed by atoms with van der Waals surface area (Å²) in [5, 5.41) is 6.66. The van der Waals surface area contributed by atoms with Crippen molar-refractivity contribution in [2.24, 2.45) is 0 Å². The minimum Gasteiger partial charge on any atom is -0.383 e. The predicted octanol–water partition coefficient (Wildman–Crippen LogP) is -0.176. The van der Waals surface area contributed by atoms with Crippen LogP contribution >= 0.6 is 0 Å². The highest BCUT2D eigenvalue weighted by atomic mass is 16.5. The van der Waals surface area contributed by atoms with Crippen molar-refractivity contribution < 1.29 is 23.6 Å². The molecule has 0 bridgehead atoms. The van der Waals surface area contributed by atoms with Crippen LogP contribution in [0.3, 0.4) is 0 Å². The first kappa shape index (κ1) is 17.4. The molecule has 1 unspecified atom stereocenters. The van der Waals surface area contributed by atoms with Gasteiger partial charge < -0.3 is 24.2 Å². The molecule has 1 aromatic rings. The Bertz CT molecular complexity index is 538. The fourth-order valence-electron chi connectivity index (χ4n) is 2.43. The highest BCUT2D eigenvalue weighted by molar-refractivity contribution is 5.79. The maximum absolute atomic E-state index is 12.0. The number of nitrogens with zero attached hydrogens (tertiary/aromatic N) is 2. The molecule has 1 fully saturated rings. The van der Waals surface area contributed by atoms with Crippen LogP contribution in [0.1, 0.15) is 17.0 Å². The van der Waals surface area contributed by atoms with Crippen molar-refractivity contribution in [3.8, 4) is 0 Å². The van der Waals surface area contributed by atoms with Gasteiger partial charge in [0.05, 0.1) is 24.8 Å². The fraction of sp³-hybridized carbons (Fsp3) is 0.667. The van der Waals surface area contributed by atoms with Crippen molar-refractivity contribution in [2.45, 2.75) is 26.4 Å². The van der Waals surface area contributed by atoms with Crippen LogP contribution in [-0.4, -0.2) is 67.9 Å². The molecule has 0 aliphatic carbocycles. The Hall–Kier alpha value is -1.93. The maximum atomic E-state index is 12.0. The molecule has 2 rings (SSSR count). The second-order valence-electron chi connectivity index (χ2n) is 5.55. The molecule has 1 N–H and O–H groups in total. The highest BCUT2D eigenvalue weighted by Gasteiger charge is 2.26. The standard InChI is InChI=1S/C15H23N3O5/c1-10-13(11(2)23-17-10)6-14(19)16-7-12-8-18(4-5-21-3)15(20)9-22-12/h12H,4-9H2,1-3H3,(H,16,19). The van der Waals surface area contributed by atoms with Crippen molar-refractivity contribution in [3.63, 3.8) is 0 Å². The number of aromatic nitrogens is 1. The van der Waals surface area contributed by atoms with Crippen LogP contribution in [0.4, 0.5) is 0 Å². The number of aryl methyl sites for hydroxylation is 2. The number of carbonyl (C=O) groups excluding carboxylic acids is 2. The van der Waals surface area contributed by atoms with E-state index < -0.39 is 0 Å². The molecule has 1 aromatic heterocycles. The van der Waals surface area contributed by atoms with Gasteiger partial charge in [-0.1, -0.05) is 5.16 Å². The Morgan fingerprint density at radius 2 is 2.26 bits per heavy atom. The number of amides is 2. The number of hydrogen-bond acceptors (Lipinski definition) is 6. The van der Waals surface area contributed by atoms with Crippen LogP contribution in [0.5, 0.6) is 0 Å². The molecule has 0 aromatic carbocycles. The van der Waals surface area contributed by atoms with Gasteiger partial charge in [0, 0.05) is 32.3 Å². The molecule has 23 heavy (non-hydrogen) atoms. The normalized spacial score (nSPS) is 18.3. The van der Waals surface area contributed by atoms with E-state index in [9.17, 15) is 9.59 Å². The molecular formula is C15H23N3O5. The van der Waals surface area contributed by atoms with E-state index in [0.29, 0.717) is 32.0 Å². The number of ether oxygens (including phenoxy) is 2. The Morgan fingerprint density at radius 3 is 2.91 bits per heavy atom. The van der Waals surface area contributed by atoms with E-state index >= 15 is 0 Å². The number of methoxy groups -OCH3 is 1. The van der Waals surface area contributed by atoms with Crippen molar-refractivity contribution in [1.29, 1.82) is 0 Å². The Labute approximate surface area is 135 Å². The molecule has 2 amide bonds. The molecule has 1 aliphatic heterocycles. The molecule has 128 valence electrons. The minimum atomic E-state index is -0.210. The van der Waals surface area contributed by atoms with E-state index in [0.717, 1.165) is 11.3 Å². The maximum Gasteiger partial charge on any atom is 0.248 e. The molecule has 1 atom stereocenters. The summed E-state index contributed by atoms with van der Waals surface area (Å²) in [5.74, 6) is 0.478. The summed E-state index contributed by atoms with van der Waals surface area (Å²) in [6.07, 6.45) is 0.0124. The number of rotatable bonds is 7. The molecule has 0 saturated carbocycles. The van der Waals surface area contributed by atoms with Crippen LogP contribution in [0.15, 0.2) is 4.52 Å². The third-order valence-electron chi connectivity index (χ3n) is 3.83. The number of hydrogen-bond donors (Lipinski definition) is 1. The van der Waals surface area contributed by atoms with Crippen molar-refractivity contribution in [3.05, 3.63) is 17.0 Å². The van der Waals surface area contributed by atoms with Gasteiger partial charge in [0.15, 0.2) is 0 Å². The summed E-state index contributed by atoms with van der Waals surface area (Å²) in [4.78, 5) is 25.4. The third-order valence-corrected chi connectivity index (χ3v) is 3.83. The second kappa shape index (κ2) is 8.07. The van der Waals surface area contributed by atoms with E-state index in [1.54, 1.807) is 18.9 Å². The van der Waals surface area contributed by atoms with E-state index in [1.807, 2.05) is 6.92 Å². The van der Waals surface area contributed by atoms with Crippen molar-refractivity contribution in [2.75, 3.05) is 40.0 Å². The molecule has 0 radical (unpaired) electrons. The van der Waals surface area contributed by atoms with Gasteiger partial charge in [-0.3, -0.25) is 9.59 Å². The Balaban J connectivity index is 1.79. The monoisotopic (exact) mass is 325 g/mol. The molecule has 8 nitrogen and oxygen atoms in total. The topological polar surface area (TPSA) is 93.9 Å². The average molecular weight is 325 g/mol. The second-order valence-corrected chi connectivity index (χ2v) is 5.55. The van der Waals surface area contributed by atoms with Crippen LogP contribution in [0, 0.1) is 13.8 Å². The summed E-state index contributed by atoms with van der Waals surface area (Å²) < 4.78 is 15.5. The number of carbonyl (C=O) groups is 2. The Kier molecular flexibility index (Phi) is 6.12. The van der Waals surface area contributed by atoms with Crippen LogP contribution in [-0.2, 0) is 25.5 Å². The van der Waals surface area contributed by atoms with Gasteiger partial charge in [0.2, 0.25) is 11.8 Å². The smallest absolute Gasteiger partial charge is 0.248 e. The van der Waals surface area contributed by atoms with Crippen LogP contribution in [0.2, 0.25) is 0 Å². The summed E-state index contributed by atoms with van der Waals surface area (Å²) >= 11 is 0. The summed E-state index contributed by atoms with van der Waals surface area (Å²) in [5.41, 5.74) is 1.53. The third kappa shape index (κ3) is 4.77. The zero-order valence-electron chi connectivity index (χ0n) is 13.8. The lowest BCUT2D eigenvalue weighted by atomic mass is 10.1. The zero-order chi connectivity index (χ0) is 16.8. The van der Waals surface area contributed by atoms with Gasteiger partial charge in [-0.05, 0) is 13.8 Å². The SMILES string of the molecule is COCCN1CC(CNC(=O)Cc2c(C)noc2C)OCC1=O. The molecule has 0 spiro atoms.